The number of methoxy groups -OCH3 is 2. The van der Waals surface area contributed by atoms with Crippen molar-refractivity contribution in [3.8, 4) is 23.0 Å². The molecule has 0 fully saturated rings. The molecule has 0 bridgehead atoms. The van der Waals surface area contributed by atoms with E-state index in [9.17, 15) is 4.79 Å². The molecule has 0 aliphatic carbocycles. The first-order valence-electron chi connectivity index (χ1n) is 11.4. The first-order chi connectivity index (χ1) is 16.7. The summed E-state index contributed by atoms with van der Waals surface area (Å²) >= 11 is 0. The van der Waals surface area contributed by atoms with Gasteiger partial charge in [0, 0.05) is 13.1 Å². The summed E-state index contributed by atoms with van der Waals surface area (Å²) in [5.41, 5.74) is 4.46. The highest BCUT2D eigenvalue weighted by molar-refractivity contribution is 5.78. The second-order valence-corrected chi connectivity index (χ2v) is 8.40. The van der Waals surface area contributed by atoms with Gasteiger partial charge in [-0.2, -0.15) is 0 Å². The summed E-state index contributed by atoms with van der Waals surface area (Å²) in [5, 5.41) is 3.05. The Kier molecular flexibility index (Phi) is 6.27. The molecule has 0 saturated carbocycles. The number of ether oxygens (including phenoxy) is 4. The van der Waals surface area contributed by atoms with Crippen molar-refractivity contribution in [1.29, 1.82) is 0 Å². The topological polar surface area (TPSA) is 69.3 Å². The molecule has 3 aromatic rings. The van der Waals surface area contributed by atoms with Crippen molar-refractivity contribution in [2.45, 2.75) is 19.0 Å². The van der Waals surface area contributed by atoms with E-state index in [0.29, 0.717) is 18.0 Å². The van der Waals surface area contributed by atoms with Crippen LogP contribution in [0.3, 0.4) is 0 Å². The van der Waals surface area contributed by atoms with E-state index in [-0.39, 0.29) is 25.3 Å². The lowest BCUT2D eigenvalue weighted by Gasteiger charge is -2.37. The van der Waals surface area contributed by atoms with Crippen LogP contribution >= 0.6 is 0 Å². The van der Waals surface area contributed by atoms with Gasteiger partial charge in [-0.05, 0) is 52.9 Å². The molecule has 7 heteroatoms. The molecule has 0 spiro atoms. The zero-order chi connectivity index (χ0) is 23.5. The van der Waals surface area contributed by atoms with Gasteiger partial charge in [0.25, 0.3) is 0 Å². The largest absolute Gasteiger partial charge is 0.493 e. The lowest BCUT2D eigenvalue weighted by Crippen LogP contribution is -2.43. The Morgan fingerprint density at radius 2 is 1.76 bits per heavy atom. The fourth-order valence-electron chi connectivity index (χ4n) is 4.69. The van der Waals surface area contributed by atoms with Crippen LogP contribution in [-0.2, 0) is 17.8 Å². The summed E-state index contributed by atoms with van der Waals surface area (Å²) in [4.78, 5) is 15.2. The van der Waals surface area contributed by atoms with Crippen molar-refractivity contribution >= 4 is 5.91 Å². The van der Waals surface area contributed by atoms with Gasteiger partial charge in [-0.15, -0.1) is 0 Å². The fraction of sp³-hybridized carbons (Fsp3) is 0.296. The Bertz CT molecular complexity index is 1180. The molecule has 0 saturated heterocycles. The molecule has 0 aromatic heterocycles. The fourth-order valence-corrected chi connectivity index (χ4v) is 4.69. The van der Waals surface area contributed by atoms with Gasteiger partial charge in [0.05, 0.1) is 26.8 Å². The van der Waals surface area contributed by atoms with Crippen LogP contribution in [0.2, 0.25) is 0 Å². The van der Waals surface area contributed by atoms with Crippen molar-refractivity contribution in [3.63, 3.8) is 0 Å². The highest BCUT2D eigenvalue weighted by Crippen LogP contribution is 2.40. The molecular formula is C27H28N2O5. The van der Waals surface area contributed by atoms with Gasteiger partial charge >= 0.3 is 0 Å². The first kappa shape index (κ1) is 22.1. The highest BCUT2D eigenvalue weighted by Gasteiger charge is 2.31. The third kappa shape index (κ3) is 4.39. The van der Waals surface area contributed by atoms with E-state index in [1.807, 2.05) is 42.5 Å². The maximum Gasteiger partial charge on any atom is 0.234 e. The van der Waals surface area contributed by atoms with E-state index >= 15 is 0 Å². The number of hydrogen-bond donors (Lipinski definition) is 1. The number of hydrogen-bond acceptors (Lipinski definition) is 6. The van der Waals surface area contributed by atoms with Crippen LogP contribution < -0.4 is 24.3 Å². The minimum Gasteiger partial charge on any atom is -0.493 e. The maximum absolute atomic E-state index is 13.0. The van der Waals surface area contributed by atoms with Gasteiger partial charge < -0.3 is 24.3 Å². The number of carbonyl (C=O) groups is 1. The lowest BCUT2D eigenvalue weighted by molar-refractivity contribution is -0.122. The van der Waals surface area contributed by atoms with Crippen LogP contribution in [0.1, 0.15) is 28.3 Å². The van der Waals surface area contributed by atoms with Crippen molar-refractivity contribution in [1.82, 2.24) is 10.2 Å². The van der Waals surface area contributed by atoms with E-state index < -0.39 is 0 Å². The summed E-state index contributed by atoms with van der Waals surface area (Å²) in [7, 11) is 3.30. The smallest absolute Gasteiger partial charge is 0.234 e. The Labute approximate surface area is 199 Å². The van der Waals surface area contributed by atoms with Gasteiger partial charge in [-0.1, -0.05) is 36.4 Å². The minimum absolute atomic E-state index is 0.0254. The molecule has 3 aromatic carbocycles. The average Bonchev–Trinajstić information content (AvgIpc) is 3.35. The summed E-state index contributed by atoms with van der Waals surface area (Å²) in [6.07, 6.45) is 0.828. The number of rotatable bonds is 7. The van der Waals surface area contributed by atoms with E-state index in [4.69, 9.17) is 18.9 Å². The zero-order valence-corrected chi connectivity index (χ0v) is 19.4. The molecule has 0 unspecified atom stereocenters. The maximum atomic E-state index is 13.0. The second-order valence-electron chi connectivity index (χ2n) is 8.40. The molecular weight excluding hydrogens is 432 g/mol. The number of benzene rings is 3. The third-order valence-electron chi connectivity index (χ3n) is 6.36. The van der Waals surface area contributed by atoms with Crippen LogP contribution in [0.25, 0.3) is 0 Å². The van der Waals surface area contributed by atoms with Crippen molar-refractivity contribution in [2.75, 3.05) is 34.1 Å². The standard InChI is InChI=1S/C27H28N2O5/c1-31-23-13-20-10-11-29(27(19-6-4-3-5-7-19)21(20)14-24(23)32-2)16-26(30)28-15-18-8-9-22-25(12-18)34-17-33-22/h3-9,12-14,27H,10-11,15-17H2,1-2H3,(H,28,30)/t27-/m0/s1. The minimum atomic E-state index is -0.0546. The van der Waals surface area contributed by atoms with Crippen LogP contribution in [0, 0.1) is 0 Å². The molecule has 0 radical (unpaired) electrons. The van der Waals surface area contributed by atoms with Crippen LogP contribution in [-0.4, -0.2) is 44.9 Å². The van der Waals surface area contributed by atoms with Crippen LogP contribution in [0.4, 0.5) is 0 Å². The SMILES string of the molecule is COc1cc2c(cc1OC)[C@H](c1ccccc1)N(CC(=O)NCc1ccc3c(c1)OCO3)CC2. The number of nitrogens with zero attached hydrogens (tertiary/aromatic N) is 1. The Morgan fingerprint density at radius 3 is 2.56 bits per heavy atom. The van der Waals surface area contributed by atoms with E-state index in [0.717, 1.165) is 41.2 Å². The number of carbonyl (C=O) groups excluding carboxylic acids is 1. The summed E-state index contributed by atoms with van der Waals surface area (Å²) < 4.78 is 21.9. The Morgan fingerprint density at radius 1 is 1.00 bits per heavy atom. The van der Waals surface area contributed by atoms with Crippen molar-refractivity contribution in [2.24, 2.45) is 0 Å². The predicted octanol–water partition coefficient (Wildman–Crippen LogP) is 3.70. The number of nitrogens with one attached hydrogen (secondary N) is 1. The van der Waals surface area contributed by atoms with Crippen LogP contribution in [0.15, 0.2) is 60.7 Å². The molecule has 176 valence electrons. The quantitative estimate of drug-likeness (QED) is 0.580. The van der Waals surface area contributed by atoms with Gasteiger partial charge in [0.1, 0.15) is 0 Å². The van der Waals surface area contributed by atoms with Crippen molar-refractivity contribution in [3.05, 3.63) is 82.9 Å². The molecule has 2 aliphatic rings. The van der Waals surface area contributed by atoms with E-state index in [1.54, 1.807) is 14.2 Å². The second kappa shape index (κ2) is 9.65. The molecule has 1 atom stereocenters. The summed E-state index contributed by atoms with van der Waals surface area (Å²) in [5.74, 6) is 2.84. The normalized spacial score (nSPS) is 16.6. The van der Waals surface area contributed by atoms with Crippen LogP contribution in [0.5, 0.6) is 23.0 Å². The van der Waals surface area contributed by atoms with E-state index in [1.165, 1.54) is 5.56 Å². The van der Waals surface area contributed by atoms with Gasteiger partial charge in [-0.25, -0.2) is 0 Å². The van der Waals surface area contributed by atoms with Crippen molar-refractivity contribution < 1.29 is 23.7 Å². The van der Waals surface area contributed by atoms with Gasteiger partial charge in [0.15, 0.2) is 23.0 Å². The molecule has 1 amide bonds. The summed E-state index contributed by atoms with van der Waals surface area (Å²) in [6.45, 7) is 1.72. The molecule has 2 aliphatic heterocycles. The molecule has 7 nitrogen and oxygen atoms in total. The zero-order valence-electron chi connectivity index (χ0n) is 19.4. The molecule has 34 heavy (non-hydrogen) atoms. The van der Waals surface area contributed by atoms with E-state index in [2.05, 4.69) is 28.4 Å². The van der Waals surface area contributed by atoms with Gasteiger partial charge in [-0.3, -0.25) is 9.69 Å². The predicted molar refractivity (Wildman–Crippen MR) is 128 cm³/mol. The molecule has 2 heterocycles. The Balaban J connectivity index is 1.35. The lowest BCUT2D eigenvalue weighted by atomic mass is 9.87. The van der Waals surface area contributed by atoms with Gasteiger partial charge in [0.2, 0.25) is 12.7 Å². The average molecular weight is 461 g/mol. The highest BCUT2D eigenvalue weighted by atomic mass is 16.7. The monoisotopic (exact) mass is 460 g/mol. The first-order valence-corrected chi connectivity index (χ1v) is 11.4. The third-order valence-corrected chi connectivity index (χ3v) is 6.36. The number of fused-ring (bicyclic) bond motifs is 2. The molecule has 5 rings (SSSR count). The molecule has 1 N–H and O–H groups in total. The number of amides is 1. The summed E-state index contributed by atoms with van der Waals surface area (Å²) in [6, 6.07) is 20.0. The Hall–Kier alpha value is -3.71.